The molecule has 0 radical (unpaired) electrons. The first kappa shape index (κ1) is 14.2. The molecule has 0 saturated heterocycles. The zero-order valence-corrected chi connectivity index (χ0v) is 10.8. The van der Waals surface area contributed by atoms with Gasteiger partial charge in [-0.2, -0.15) is 0 Å². The van der Waals surface area contributed by atoms with E-state index in [2.05, 4.69) is 26.0 Å². The van der Waals surface area contributed by atoms with Crippen LogP contribution in [0.4, 0.5) is 0 Å². The number of hydrogen-bond donors (Lipinski definition) is 1. The van der Waals surface area contributed by atoms with Gasteiger partial charge in [0.25, 0.3) is 0 Å². The van der Waals surface area contributed by atoms with Crippen LogP contribution in [-0.4, -0.2) is 19.5 Å². The van der Waals surface area contributed by atoms with Crippen molar-refractivity contribution in [3.8, 4) is 0 Å². The Balaban J connectivity index is 5.04. The Morgan fingerprint density at radius 3 is 2.33 bits per heavy atom. The summed E-state index contributed by atoms with van der Waals surface area (Å²) in [5.41, 5.74) is 0.182. The van der Waals surface area contributed by atoms with Crippen LogP contribution in [0.5, 0.6) is 0 Å². The zero-order chi connectivity index (χ0) is 11.8. The highest BCUT2D eigenvalue weighted by Crippen LogP contribution is 2.26. The van der Waals surface area contributed by atoms with Crippen LogP contribution in [0.3, 0.4) is 0 Å². The van der Waals surface area contributed by atoms with Crippen molar-refractivity contribution in [1.82, 2.24) is 5.32 Å². The van der Waals surface area contributed by atoms with Crippen LogP contribution in [0.2, 0.25) is 0 Å². The van der Waals surface area contributed by atoms with Gasteiger partial charge >= 0.3 is 5.97 Å². The SMILES string of the molecule is CCC(CC)/C(Br)=C(/NC=O)C(=O)OC. The van der Waals surface area contributed by atoms with E-state index in [0.29, 0.717) is 10.9 Å². The van der Waals surface area contributed by atoms with E-state index in [4.69, 9.17) is 0 Å². The third kappa shape index (κ3) is 4.03. The number of methoxy groups -OCH3 is 1. The molecule has 0 aliphatic rings. The molecule has 0 aliphatic carbocycles. The summed E-state index contributed by atoms with van der Waals surface area (Å²) < 4.78 is 5.26. The lowest BCUT2D eigenvalue weighted by atomic mass is 10.0. The predicted octanol–water partition coefficient (Wildman–Crippen LogP) is 1.95. The molecule has 0 atom stereocenters. The monoisotopic (exact) mass is 277 g/mol. The number of carbonyl (C=O) groups excluding carboxylic acids is 2. The van der Waals surface area contributed by atoms with Gasteiger partial charge in [-0.1, -0.05) is 29.8 Å². The molecule has 0 rings (SSSR count). The summed E-state index contributed by atoms with van der Waals surface area (Å²) >= 11 is 3.33. The van der Waals surface area contributed by atoms with Gasteiger partial charge in [0.15, 0.2) is 0 Å². The van der Waals surface area contributed by atoms with Gasteiger partial charge in [-0.05, 0) is 18.8 Å². The van der Waals surface area contributed by atoms with Crippen molar-refractivity contribution >= 4 is 28.3 Å². The third-order valence-electron chi connectivity index (χ3n) is 2.18. The van der Waals surface area contributed by atoms with Crippen molar-refractivity contribution in [2.75, 3.05) is 7.11 Å². The molecule has 5 heteroatoms. The minimum atomic E-state index is -0.541. The molecule has 0 aliphatic heterocycles. The summed E-state index contributed by atoms with van der Waals surface area (Å²) in [6, 6.07) is 0. The van der Waals surface area contributed by atoms with Crippen molar-refractivity contribution in [1.29, 1.82) is 0 Å². The lowest BCUT2D eigenvalue weighted by Crippen LogP contribution is -2.23. The van der Waals surface area contributed by atoms with Crippen molar-refractivity contribution in [3.63, 3.8) is 0 Å². The lowest BCUT2D eigenvalue weighted by molar-refractivity contribution is -0.137. The fourth-order valence-electron chi connectivity index (χ4n) is 1.24. The molecule has 0 bridgehead atoms. The van der Waals surface area contributed by atoms with E-state index < -0.39 is 5.97 Å². The number of allylic oxidation sites excluding steroid dienone is 1. The molecule has 0 heterocycles. The van der Waals surface area contributed by atoms with E-state index in [1.807, 2.05) is 13.8 Å². The molecule has 1 N–H and O–H groups in total. The minimum Gasteiger partial charge on any atom is -0.464 e. The summed E-state index contributed by atoms with van der Waals surface area (Å²) in [6.45, 7) is 4.04. The largest absolute Gasteiger partial charge is 0.464 e. The second kappa shape index (κ2) is 7.45. The summed E-state index contributed by atoms with van der Waals surface area (Å²) in [6.07, 6.45) is 2.24. The van der Waals surface area contributed by atoms with Crippen LogP contribution in [0.15, 0.2) is 10.2 Å². The molecular weight excluding hydrogens is 262 g/mol. The maximum Gasteiger partial charge on any atom is 0.355 e. The van der Waals surface area contributed by atoms with Crippen LogP contribution in [0.1, 0.15) is 26.7 Å². The standard InChI is InChI=1S/C10H16BrNO3/c1-4-7(5-2)8(11)9(12-6-13)10(14)15-3/h6-7H,4-5H2,1-3H3,(H,12,13)/b9-8-. The number of halogens is 1. The van der Waals surface area contributed by atoms with Gasteiger partial charge in [0.2, 0.25) is 6.41 Å². The molecule has 86 valence electrons. The Bertz CT molecular complexity index is 259. The maximum atomic E-state index is 11.3. The van der Waals surface area contributed by atoms with Crippen LogP contribution in [-0.2, 0) is 14.3 Å². The van der Waals surface area contributed by atoms with Crippen LogP contribution >= 0.6 is 15.9 Å². The van der Waals surface area contributed by atoms with Crippen LogP contribution in [0.25, 0.3) is 0 Å². The first-order valence-corrected chi connectivity index (χ1v) is 5.59. The number of rotatable bonds is 6. The van der Waals surface area contributed by atoms with E-state index in [0.717, 1.165) is 12.8 Å². The van der Waals surface area contributed by atoms with E-state index in [1.165, 1.54) is 7.11 Å². The van der Waals surface area contributed by atoms with Crippen molar-refractivity contribution in [2.45, 2.75) is 26.7 Å². The topological polar surface area (TPSA) is 55.4 Å². The van der Waals surface area contributed by atoms with Gasteiger partial charge < -0.3 is 10.1 Å². The second-order valence-electron chi connectivity index (χ2n) is 2.99. The average Bonchev–Trinajstić information content (AvgIpc) is 2.26. The summed E-state index contributed by atoms with van der Waals surface area (Å²) in [4.78, 5) is 21.7. The highest BCUT2D eigenvalue weighted by atomic mass is 79.9. The van der Waals surface area contributed by atoms with Crippen LogP contribution in [0, 0.1) is 5.92 Å². The number of carbonyl (C=O) groups is 2. The Hall–Kier alpha value is -0.840. The number of esters is 1. The molecule has 0 unspecified atom stereocenters. The lowest BCUT2D eigenvalue weighted by Gasteiger charge is -2.15. The number of nitrogens with one attached hydrogen (secondary N) is 1. The highest BCUT2D eigenvalue weighted by molar-refractivity contribution is 9.11. The smallest absolute Gasteiger partial charge is 0.355 e. The molecular formula is C10H16BrNO3. The Morgan fingerprint density at radius 2 is 2.00 bits per heavy atom. The van der Waals surface area contributed by atoms with Crippen molar-refractivity contribution in [3.05, 3.63) is 10.2 Å². The van der Waals surface area contributed by atoms with E-state index in [9.17, 15) is 9.59 Å². The normalized spacial score (nSPS) is 12.1. The fourth-order valence-corrected chi connectivity index (χ4v) is 2.16. The molecule has 0 saturated carbocycles. The number of amides is 1. The van der Waals surface area contributed by atoms with Gasteiger partial charge in [0.1, 0.15) is 5.70 Å². The number of ether oxygens (including phenoxy) is 1. The van der Waals surface area contributed by atoms with Gasteiger partial charge in [0.05, 0.1) is 7.11 Å². The average molecular weight is 278 g/mol. The fraction of sp³-hybridized carbons (Fsp3) is 0.600. The predicted molar refractivity (Wildman–Crippen MR) is 61.2 cm³/mol. The summed E-state index contributed by atoms with van der Waals surface area (Å²) in [5.74, 6) is -0.326. The van der Waals surface area contributed by atoms with E-state index in [1.54, 1.807) is 0 Å². The maximum absolute atomic E-state index is 11.3. The van der Waals surface area contributed by atoms with Crippen molar-refractivity contribution < 1.29 is 14.3 Å². The minimum absolute atomic E-state index is 0.182. The molecule has 1 amide bonds. The quantitative estimate of drug-likeness (QED) is 0.459. The summed E-state index contributed by atoms with van der Waals surface area (Å²) in [5, 5.41) is 2.36. The third-order valence-corrected chi connectivity index (χ3v) is 3.22. The van der Waals surface area contributed by atoms with E-state index >= 15 is 0 Å². The molecule has 0 fully saturated rings. The molecule has 0 aromatic heterocycles. The first-order chi connectivity index (χ1) is 7.12. The van der Waals surface area contributed by atoms with Crippen LogP contribution < -0.4 is 5.32 Å². The molecule has 15 heavy (non-hydrogen) atoms. The Kier molecular flexibility index (Phi) is 7.03. The van der Waals surface area contributed by atoms with Gasteiger partial charge in [-0.15, -0.1) is 0 Å². The second-order valence-corrected chi connectivity index (χ2v) is 3.84. The Morgan fingerprint density at radius 1 is 1.47 bits per heavy atom. The molecule has 0 spiro atoms. The van der Waals surface area contributed by atoms with Gasteiger partial charge in [-0.3, -0.25) is 4.79 Å². The van der Waals surface area contributed by atoms with Gasteiger partial charge in [-0.25, -0.2) is 4.79 Å². The molecule has 0 aromatic carbocycles. The zero-order valence-electron chi connectivity index (χ0n) is 9.17. The Labute approximate surface area is 98.2 Å². The van der Waals surface area contributed by atoms with Gasteiger partial charge in [0, 0.05) is 4.48 Å². The molecule has 0 aromatic rings. The molecule has 4 nitrogen and oxygen atoms in total. The highest BCUT2D eigenvalue weighted by Gasteiger charge is 2.19. The van der Waals surface area contributed by atoms with Crippen molar-refractivity contribution in [2.24, 2.45) is 5.92 Å². The number of hydrogen-bond acceptors (Lipinski definition) is 3. The summed E-state index contributed by atoms with van der Waals surface area (Å²) in [7, 11) is 1.28. The van der Waals surface area contributed by atoms with E-state index in [-0.39, 0.29) is 11.6 Å². The first-order valence-electron chi connectivity index (χ1n) is 4.80.